The summed E-state index contributed by atoms with van der Waals surface area (Å²) in [4.78, 5) is 16.1. The third kappa shape index (κ3) is 4.72. The first-order valence-corrected chi connectivity index (χ1v) is 9.03. The zero-order chi connectivity index (χ0) is 18.5. The van der Waals surface area contributed by atoms with Crippen LogP contribution in [0, 0.1) is 0 Å². The number of halogens is 3. The first kappa shape index (κ1) is 18.6. The number of para-hydroxylation sites is 1. The van der Waals surface area contributed by atoms with Gasteiger partial charge in [-0.05, 0) is 46.3 Å². The Morgan fingerprint density at radius 2 is 2.04 bits per heavy atom. The molecule has 5 nitrogen and oxygen atoms in total. The van der Waals surface area contributed by atoms with E-state index >= 15 is 0 Å². The van der Waals surface area contributed by atoms with Gasteiger partial charge in [0.25, 0.3) is 5.91 Å². The van der Waals surface area contributed by atoms with E-state index < -0.39 is 5.91 Å². The number of hydrogen-bond acceptors (Lipinski definition) is 4. The highest BCUT2D eigenvalue weighted by atomic mass is 79.9. The van der Waals surface area contributed by atoms with Crippen molar-refractivity contribution in [3.8, 4) is 5.75 Å². The normalized spacial score (nSPS) is 11.0. The van der Waals surface area contributed by atoms with Crippen LogP contribution in [0.3, 0.4) is 0 Å². The molecule has 0 spiro atoms. The number of nitrogens with one attached hydrogen (secondary N) is 1. The van der Waals surface area contributed by atoms with Crippen LogP contribution in [0.2, 0.25) is 10.2 Å². The molecule has 1 amide bonds. The highest BCUT2D eigenvalue weighted by Gasteiger charge is 2.06. The number of benzene rings is 2. The molecule has 1 aromatic heterocycles. The number of amides is 1. The Balaban J connectivity index is 1.59. The molecule has 0 saturated heterocycles. The van der Waals surface area contributed by atoms with E-state index in [9.17, 15) is 4.79 Å². The van der Waals surface area contributed by atoms with Gasteiger partial charge in [0.05, 0.1) is 16.2 Å². The number of hydrazone groups is 1. The van der Waals surface area contributed by atoms with Gasteiger partial charge in [0, 0.05) is 16.0 Å². The maximum atomic E-state index is 11.8. The Morgan fingerprint density at radius 3 is 2.85 bits per heavy atom. The minimum Gasteiger partial charge on any atom is -0.483 e. The SMILES string of the molecule is O=C(COc1ccc(Cl)cc1Br)N/N=C\c1cc2ccccc2nc1Cl. The number of carbonyl (C=O) groups is 1. The fourth-order valence-corrected chi connectivity index (χ4v) is 3.13. The molecule has 0 atom stereocenters. The van der Waals surface area contributed by atoms with Gasteiger partial charge in [-0.15, -0.1) is 0 Å². The van der Waals surface area contributed by atoms with Gasteiger partial charge in [0.2, 0.25) is 0 Å². The number of fused-ring (bicyclic) bond motifs is 1. The first-order chi connectivity index (χ1) is 12.5. The minimum atomic E-state index is -0.409. The number of hydrogen-bond donors (Lipinski definition) is 1. The number of aromatic nitrogens is 1. The van der Waals surface area contributed by atoms with E-state index in [1.54, 1.807) is 18.2 Å². The van der Waals surface area contributed by atoms with Crippen molar-refractivity contribution in [1.82, 2.24) is 10.4 Å². The molecule has 0 saturated carbocycles. The average Bonchev–Trinajstić information content (AvgIpc) is 2.61. The average molecular weight is 453 g/mol. The third-order valence-electron chi connectivity index (χ3n) is 3.35. The summed E-state index contributed by atoms with van der Waals surface area (Å²) in [6.07, 6.45) is 1.44. The molecule has 132 valence electrons. The molecule has 3 rings (SSSR count). The van der Waals surface area contributed by atoms with Crippen LogP contribution in [0.25, 0.3) is 10.9 Å². The molecule has 2 aromatic carbocycles. The Bertz CT molecular complexity index is 995. The fraction of sp³-hybridized carbons (Fsp3) is 0.0556. The number of carbonyl (C=O) groups excluding carboxylic acids is 1. The predicted molar refractivity (Wildman–Crippen MR) is 107 cm³/mol. The molecule has 1 N–H and O–H groups in total. The van der Waals surface area contributed by atoms with Crippen LogP contribution in [-0.2, 0) is 4.79 Å². The smallest absolute Gasteiger partial charge is 0.277 e. The lowest BCUT2D eigenvalue weighted by Gasteiger charge is -2.07. The van der Waals surface area contributed by atoms with Crippen LogP contribution in [0.4, 0.5) is 0 Å². The number of pyridine rings is 1. The van der Waals surface area contributed by atoms with Crippen LogP contribution >= 0.6 is 39.1 Å². The summed E-state index contributed by atoms with van der Waals surface area (Å²) in [5.74, 6) is 0.100. The van der Waals surface area contributed by atoms with Gasteiger partial charge >= 0.3 is 0 Å². The molecule has 0 fully saturated rings. The Hall–Kier alpha value is -2.15. The van der Waals surface area contributed by atoms with Gasteiger partial charge < -0.3 is 4.74 Å². The molecule has 1 heterocycles. The lowest BCUT2D eigenvalue weighted by Crippen LogP contribution is -2.24. The topological polar surface area (TPSA) is 63.6 Å². The minimum absolute atomic E-state index is 0.193. The van der Waals surface area contributed by atoms with Gasteiger partial charge in [-0.3, -0.25) is 4.79 Å². The molecule has 0 aliphatic rings. The van der Waals surface area contributed by atoms with E-state index in [0.717, 1.165) is 10.9 Å². The zero-order valence-corrected chi connectivity index (χ0v) is 16.3. The van der Waals surface area contributed by atoms with Crippen molar-refractivity contribution in [2.75, 3.05) is 6.61 Å². The maximum Gasteiger partial charge on any atom is 0.277 e. The van der Waals surface area contributed by atoms with Crippen molar-refractivity contribution in [3.63, 3.8) is 0 Å². The lowest BCUT2D eigenvalue weighted by atomic mass is 10.2. The van der Waals surface area contributed by atoms with Crippen molar-refractivity contribution in [3.05, 3.63) is 68.7 Å². The summed E-state index contributed by atoms with van der Waals surface area (Å²) in [5, 5.41) is 5.70. The first-order valence-electron chi connectivity index (χ1n) is 7.48. The molecule has 26 heavy (non-hydrogen) atoms. The summed E-state index contributed by atoms with van der Waals surface area (Å²) in [6, 6.07) is 14.5. The van der Waals surface area contributed by atoms with Crippen LogP contribution in [0.1, 0.15) is 5.56 Å². The number of rotatable bonds is 5. The number of nitrogens with zero attached hydrogens (tertiary/aromatic N) is 2. The predicted octanol–water partition coefficient (Wildman–Crippen LogP) is 4.83. The molecule has 0 bridgehead atoms. The monoisotopic (exact) mass is 451 g/mol. The molecule has 8 heteroatoms. The molecule has 0 unspecified atom stereocenters. The highest BCUT2D eigenvalue weighted by Crippen LogP contribution is 2.27. The Kier molecular flexibility index (Phi) is 6.08. The standard InChI is InChI=1S/C18H12BrCl2N3O2/c19-14-8-13(20)5-6-16(14)26-10-17(25)24-22-9-12-7-11-3-1-2-4-15(11)23-18(12)21/h1-9H,10H2,(H,24,25)/b22-9-. The molecular weight excluding hydrogens is 441 g/mol. The van der Waals surface area contributed by atoms with Gasteiger partial charge in [-0.25, -0.2) is 10.4 Å². The van der Waals surface area contributed by atoms with Crippen LogP contribution < -0.4 is 10.2 Å². The van der Waals surface area contributed by atoms with Crippen molar-refractivity contribution >= 4 is 62.2 Å². The second-order valence-electron chi connectivity index (χ2n) is 5.22. The van der Waals surface area contributed by atoms with Crippen molar-refractivity contribution in [2.24, 2.45) is 5.10 Å². The zero-order valence-electron chi connectivity index (χ0n) is 13.2. The van der Waals surface area contributed by atoms with Gasteiger partial charge in [-0.2, -0.15) is 5.10 Å². The molecule has 0 aliphatic heterocycles. The molecular formula is C18H12BrCl2N3O2. The Morgan fingerprint density at radius 1 is 1.23 bits per heavy atom. The largest absolute Gasteiger partial charge is 0.483 e. The summed E-state index contributed by atoms with van der Waals surface area (Å²) in [5.41, 5.74) is 3.78. The van der Waals surface area contributed by atoms with Crippen molar-refractivity contribution in [1.29, 1.82) is 0 Å². The molecule has 3 aromatic rings. The van der Waals surface area contributed by atoms with Crippen molar-refractivity contribution < 1.29 is 9.53 Å². The van der Waals surface area contributed by atoms with Crippen LogP contribution in [0.15, 0.2) is 58.1 Å². The maximum absolute atomic E-state index is 11.8. The quantitative estimate of drug-likeness (QED) is 0.342. The summed E-state index contributed by atoms with van der Waals surface area (Å²) in [7, 11) is 0. The second kappa shape index (κ2) is 8.49. The van der Waals surface area contributed by atoms with E-state index in [0.29, 0.717) is 26.0 Å². The van der Waals surface area contributed by atoms with Crippen LogP contribution in [0.5, 0.6) is 5.75 Å². The molecule has 0 aliphatic carbocycles. The van der Waals surface area contributed by atoms with E-state index in [4.69, 9.17) is 27.9 Å². The Labute approximate surface area is 168 Å². The van der Waals surface area contributed by atoms with E-state index in [1.807, 2.05) is 30.3 Å². The third-order valence-corrected chi connectivity index (χ3v) is 4.51. The second-order valence-corrected chi connectivity index (χ2v) is 6.87. The van der Waals surface area contributed by atoms with E-state index in [-0.39, 0.29) is 6.61 Å². The van der Waals surface area contributed by atoms with Gasteiger partial charge in [-0.1, -0.05) is 41.4 Å². The fourth-order valence-electron chi connectivity index (χ4n) is 2.14. The van der Waals surface area contributed by atoms with Gasteiger partial charge in [0.1, 0.15) is 10.9 Å². The number of ether oxygens (including phenoxy) is 1. The summed E-state index contributed by atoms with van der Waals surface area (Å²) >= 11 is 15.3. The lowest BCUT2D eigenvalue weighted by molar-refractivity contribution is -0.123. The van der Waals surface area contributed by atoms with Crippen LogP contribution in [-0.4, -0.2) is 23.7 Å². The van der Waals surface area contributed by atoms with Crippen molar-refractivity contribution in [2.45, 2.75) is 0 Å². The van der Waals surface area contributed by atoms with E-state index in [1.165, 1.54) is 6.21 Å². The highest BCUT2D eigenvalue weighted by molar-refractivity contribution is 9.10. The summed E-state index contributed by atoms with van der Waals surface area (Å²) < 4.78 is 6.07. The summed E-state index contributed by atoms with van der Waals surface area (Å²) in [6.45, 7) is -0.193. The van der Waals surface area contributed by atoms with Gasteiger partial charge in [0.15, 0.2) is 6.61 Å². The van der Waals surface area contributed by atoms with E-state index in [2.05, 4.69) is 31.4 Å². The molecule has 0 radical (unpaired) electrons.